The minimum absolute atomic E-state index is 0.112. The molecule has 0 fully saturated rings. The summed E-state index contributed by atoms with van der Waals surface area (Å²) in [6, 6.07) is 8.35. The predicted octanol–water partition coefficient (Wildman–Crippen LogP) is 4.19. The average Bonchev–Trinajstić information content (AvgIpc) is 2.55. The number of nitrogens with zero attached hydrogens (tertiary/aromatic N) is 1. The molecule has 1 aromatic carbocycles. The fourth-order valence-corrected chi connectivity index (χ4v) is 2.41. The zero-order valence-electron chi connectivity index (χ0n) is 9.62. The molecule has 0 aliphatic carbocycles. The molecule has 0 bridgehead atoms. The van der Waals surface area contributed by atoms with E-state index in [4.69, 9.17) is 0 Å². The second-order valence-electron chi connectivity index (χ2n) is 4.25. The first kappa shape index (κ1) is 11.4. The Kier molecular flexibility index (Phi) is 2.89. The zero-order chi connectivity index (χ0) is 11.9. The quantitative estimate of drug-likeness (QED) is 0.756. The fourth-order valence-electron chi connectivity index (χ4n) is 2.03. The summed E-state index contributed by atoms with van der Waals surface area (Å²) < 4.78 is 3.13. The number of Topliss-reactive ketones (excluding diaryl/α,β-unsaturated/α-hetero) is 1. The topological polar surface area (TPSA) is 22.0 Å². The number of hydrogen-bond donors (Lipinski definition) is 0. The van der Waals surface area contributed by atoms with Gasteiger partial charge in [0, 0.05) is 28.3 Å². The molecular weight excluding hydrogens is 266 g/mol. The van der Waals surface area contributed by atoms with Gasteiger partial charge in [0.05, 0.1) is 5.69 Å². The maximum atomic E-state index is 11.6. The second-order valence-corrected chi connectivity index (χ2v) is 5.17. The first-order chi connectivity index (χ1) is 7.50. The van der Waals surface area contributed by atoms with Crippen LogP contribution in [0.2, 0.25) is 0 Å². The van der Waals surface area contributed by atoms with E-state index in [-0.39, 0.29) is 11.8 Å². The van der Waals surface area contributed by atoms with Crippen LogP contribution in [0.3, 0.4) is 0 Å². The van der Waals surface area contributed by atoms with Gasteiger partial charge in [-0.3, -0.25) is 4.79 Å². The van der Waals surface area contributed by atoms with E-state index in [0.717, 1.165) is 21.1 Å². The number of carbonyl (C=O) groups excluding carboxylic acids is 1. The number of aromatic nitrogens is 1. The second kappa shape index (κ2) is 4.06. The Balaban J connectivity index is 2.81. The van der Waals surface area contributed by atoms with Gasteiger partial charge in [0.25, 0.3) is 0 Å². The van der Waals surface area contributed by atoms with Crippen molar-refractivity contribution >= 4 is 32.6 Å². The van der Waals surface area contributed by atoms with Crippen LogP contribution in [0, 0.1) is 0 Å². The zero-order valence-corrected chi connectivity index (χ0v) is 11.2. The van der Waals surface area contributed by atoms with Crippen LogP contribution in [0.1, 0.15) is 37.3 Å². The van der Waals surface area contributed by atoms with Gasteiger partial charge in [0.15, 0.2) is 5.78 Å². The molecule has 0 unspecified atom stereocenters. The van der Waals surface area contributed by atoms with E-state index in [0.29, 0.717) is 0 Å². The van der Waals surface area contributed by atoms with Crippen molar-refractivity contribution in [2.45, 2.75) is 26.8 Å². The fraction of sp³-hybridized carbons (Fsp3) is 0.308. The lowest BCUT2D eigenvalue weighted by Crippen LogP contribution is -2.08. The third kappa shape index (κ3) is 1.80. The number of ketones is 1. The van der Waals surface area contributed by atoms with E-state index in [1.165, 1.54) is 0 Å². The molecule has 2 rings (SSSR count). The van der Waals surface area contributed by atoms with Crippen molar-refractivity contribution < 1.29 is 4.79 Å². The summed E-state index contributed by atoms with van der Waals surface area (Å²) in [4.78, 5) is 11.6. The third-order valence-electron chi connectivity index (χ3n) is 2.68. The largest absolute Gasteiger partial charge is 0.336 e. The molecular formula is C13H14BrNO. The number of carbonyl (C=O) groups is 1. The number of fused-ring (bicyclic) bond motifs is 1. The van der Waals surface area contributed by atoms with Crippen molar-refractivity contribution in [2.75, 3.05) is 0 Å². The van der Waals surface area contributed by atoms with Gasteiger partial charge >= 0.3 is 0 Å². The van der Waals surface area contributed by atoms with Gasteiger partial charge in [0.2, 0.25) is 0 Å². The van der Waals surface area contributed by atoms with Crippen molar-refractivity contribution in [3.63, 3.8) is 0 Å². The molecule has 0 saturated heterocycles. The van der Waals surface area contributed by atoms with Crippen LogP contribution >= 0.6 is 15.9 Å². The lowest BCUT2D eigenvalue weighted by atomic mass is 10.2. The summed E-state index contributed by atoms with van der Waals surface area (Å²) in [5, 5.41) is 1.10. The molecule has 0 amide bonds. The van der Waals surface area contributed by atoms with Crippen LogP contribution < -0.4 is 0 Å². The summed E-state index contributed by atoms with van der Waals surface area (Å²) in [7, 11) is 0. The number of halogens is 1. The highest BCUT2D eigenvalue weighted by Gasteiger charge is 2.14. The summed E-state index contributed by atoms with van der Waals surface area (Å²) >= 11 is 3.45. The average molecular weight is 280 g/mol. The Hall–Kier alpha value is -1.09. The Morgan fingerprint density at radius 3 is 2.56 bits per heavy atom. The van der Waals surface area contributed by atoms with Gasteiger partial charge in [-0.05, 0) is 38.1 Å². The SMILES string of the molecule is CC(=O)c1cc2cc(Br)ccc2n1C(C)C. The Morgan fingerprint density at radius 2 is 2.00 bits per heavy atom. The van der Waals surface area contributed by atoms with E-state index in [1.54, 1.807) is 6.92 Å². The molecule has 0 radical (unpaired) electrons. The molecule has 2 nitrogen and oxygen atoms in total. The minimum Gasteiger partial charge on any atom is -0.336 e. The van der Waals surface area contributed by atoms with Gasteiger partial charge in [-0.15, -0.1) is 0 Å². The van der Waals surface area contributed by atoms with Crippen LogP contribution in [-0.4, -0.2) is 10.4 Å². The first-order valence-electron chi connectivity index (χ1n) is 5.32. The maximum Gasteiger partial charge on any atom is 0.176 e. The Labute approximate surface area is 103 Å². The minimum atomic E-state index is 0.112. The standard InChI is InChI=1S/C13H14BrNO/c1-8(2)15-12-5-4-11(14)6-10(12)7-13(15)9(3)16/h4-8H,1-3H3. The van der Waals surface area contributed by atoms with E-state index < -0.39 is 0 Å². The highest BCUT2D eigenvalue weighted by Crippen LogP contribution is 2.27. The predicted molar refractivity (Wildman–Crippen MR) is 70.0 cm³/mol. The van der Waals surface area contributed by atoms with Crippen LogP contribution in [0.5, 0.6) is 0 Å². The van der Waals surface area contributed by atoms with Crippen molar-refractivity contribution in [1.82, 2.24) is 4.57 Å². The Bertz CT molecular complexity index is 554. The highest BCUT2D eigenvalue weighted by atomic mass is 79.9. The molecule has 84 valence electrons. The highest BCUT2D eigenvalue weighted by molar-refractivity contribution is 9.10. The van der Waals surface area contributed by atoms with Crippen LogP contribution in [-0.2, 0) is 0 Å². The maximum absolute atomic E-state index is 11.6. The Morgan fingerprint density at radius 1 is 1.31 bits per heavy atom. The summed E-state index contributed by atoms with van der Waals surface area (Å²) in [6.07, 6.45) is 0. The molecule has 0 saturated carbocycles. The molecule has 1 heterocycles. The summed E-state index contributed by atoms with van der Waals surface area (Å²) in [6.45, 7) is 5.80. The van der Waals surface area contributed by atoms with Gasteiger partial charge in [0.1, 0.15) is 0 Å². The normalized spacial score (nSPS) is 11.3. The lowest BCUT2D eigenvalue weighted by Gasteiger charge is -2.12. The van der Waals surface area contributed by atoms with Crippen LogP contribution in [0.15, 0.2) is 28.7 Å². The van der Waals surface area contributed by atoms with Gasteiger partial charge in [-0.2, -0.15) is 0 Å². The van der Waals surface area contributed by atoms with Crippen molar-refractivity contribution in [3.05, 3.63) is 34.4 Å². The van der Waals surface area contributed by atoms with E-state index in [1.807, 2.05) is 24.3 Å². The molecule has 2 aromatic rings. The number of benzene rings is 1. The van der Waals surface area contributed by atoms with Crippen molar-refractivity contribution in [2.24, 2.45) is 0 Å². The van der Waals surface area contributed by atoms with Crippen molar-refractivity contribution in [1.29, 1.82) is 0 Å². The molecule has 0 atom stereocenters. The number of hydrogen-bond acceptors (Lipinski definition) is 1. The molecule has 1 aromatic heterocycles. The molecule has 0 aliphatic heterocycles. The van der Waals surface area contributed by atoms with Crippen LogP contribution in [0.4, 0.5) is 0 Å². The van der Waals surface area contributed by atoms with Gasteiger partial charge in [-0.1, -0.05) is 15.9 Å². The molecule has 3 heteroatoms. The van der Waals surface area contributed by atoms with E-state index in [9.17, 15) is 4.79 Å². The molecule has 16 heavy (non-hydrogen) atoms. The first-order valence-corrected chi connectivity index (χ1v) is 6.11. The summed E-state index contributed by atoms with van der Waals surface area (Å²) in [5.41, 5.74) is 1.89. The monoisotopic (exact) mass is 279 g/mol. The molecule has 0 N–H and O–H groups in total. The van der Waals surface area contributed by atoms with Crippen LogP contribution in [0.25, 0.3) is 10.9 Å². The van der Waals surface area contributed by atoms with E-state index in [2.05, 4.69) is 34.3 Å². The molecule has 0 spiro atoms. The van der Waals surface area contributed by atoms with E-state index >= 15 is 0 Å². The number of rotatable bonds is 2. The molecule has 0 aliphatic rings. The summed E-state index contributed by atoms with van der Waals surface area (Å²) in [5.74, 6) is 0.112. The smallest absolute Gasteiger partial charge is 0.176 e. The lowest BCUT2D eigenvalue weighted by molar-refractivity contribution is 0.100. The van der Waals surface area contributed by atoms with Crippen molar-refractivity contribution in [3.8, 4) is 0 Å². The van der Waals surface area contributed by atoms with Gasteiger partial charge < -0.3 is 4.57 Å². The van der Waals surface area contributed by atoms with Gasteiger partial charge in [-0.25, -0.2) is 0 Å². The third-order valence-corrected chi connectivity index (χ3v) is 3.17.